The first-order chi connectivity index (χ1) is 9.96. The predicted molar refractivity (Wildman–Crippen MR) is 82.0 cm³/mol. The van der Waals surface area contributed by atoms with Gasteiger partial charge in [0.25, 0.3) is 0 Å². The molecule has 0 bridgehead atoms. The van der Waals surface area contributed by atoms with E-state index >= 15 is 0 Å². The van der Waals surface area contributed by atoms with Crippen LogP contribution in [0.2, 0.25) is 0 Å². The van der Waals surface area contributed by atoms with Gasteiger partial charge in [0.05, 0.1) is 5.56 Å². The average Bonchev–Trinajstić information content (AvgIpc) is 2.74. The molecule has 5 nitrogen and oxygen atoms in total. The zero-order valence-electron chi connectivity index (χ0n) is 12.2. The third-order valence-corrected chi connectivity index (χ3v) is 6.09. The summed E-state index contributed by atoms with van der Waals surface area (Å²) in [6, 6.07) is 6.30. The van der Waals surface area contributed by atoms with Crippen LogP contribution in [-0.4, -0.2) is 25.8 Å². The number of benzene rings is 1. The van der Waals surface area contributed by atoms with E-state index in [-0.39, 0.29) is 16.5 Å². The fourth-order valence-electron chi connectivity index (χ4n) is 2.83. The Hall–Kier alpha value is -1.58. The largest absolute Gasteiger partial charge is 0.399 e. The van der Waals surface area contributed by atoms with Crippen molar-refractivity contribution in [1.82, 2.24) is 4.31 Å². The Kier molecular flexibility index (Phi) is 4.86. The molecule has 0 heterocycles. The van der Waals surface area contributed by atoms with Gasteiger partial charge >= 0.3 is 0 Å². The summed E-state index contributed by atoms with van der Waals surface area (Å²) >= 11 is 0. The molecule has 21 heavy (non-hydrogen) atoms. The molecule has 0 spiro atoms. The van der Waals surface area contributed by atoms with Crippen LogP contribution in [0.15, 0.2) is 23.1 Å². The second-order valence-corrected chi connectivity index (χ2v) is 7.50. The molecule has 0 aromatic heterocycles. The summed E-state index contributed by atoms with van der Waals surface area (Å²) in [6.45, 7) is 0. The van der Waals surface area contributed by atoms with Gasteiger partial charge in [-0.1, -0.05) is 25.7 Å². The smallest absolute Gasteiger partial charge is 0.244 e. The molecule has 2 N–H and O–H groups in total. The molecule has 0 aliphatic heterocycles. The van der Waals surface area contributed by atoms with Gasteiger partial charge in [-0.3, -0.25) is 0 Å². The molecule has 2 rings (SSSR count). The van der Waals surface area contributed by atoms with E-state index < -0.39 is 10.0 Å². The van der Waals surface area contributed by atoms with E-state index in [0.29, 0.717) is 5.69 Å². The van der Waals surface area contributed by atoms with Gasteiger partial charge in [-0.2, -0.15) is 9.57 Å². The van der Waals surface area contributed by atoms with Crippen LogP contribution in [0.1, 0.15) is 44.1 Å². The van der Waals surface area contributed by atoms with Crippen molar-refractivity contribution in [3.63, 3.8) is 0 Å². The summed E-state index contributed by atoms with van der Waals surface area (Å²) in [7, 11) is -2.05. The zero-order valence-corrected chi connectivity index (χ0v) is 13.1. The fraction of sp³-hybridized carbons (Fsp3) is 0.533. The molecular weight excluding hydrogens is 286 g/mol. The first kappa shape index (κ1) is 15.8. The standard InChI is InChI=1S/C15H21N3O2S/c1-18(14-6-4-2-3-5-7-14)21(19,20)15-9-8-13(17)10-12(15)11-16/h8-10,14H,2-7,17H2,1H3. The van der Waals surface area contributed by atoms with E-state index in [4.69, 9.17) is 11.0 Å². The highest BCUT2D eigenvalue weighted by molar-refractivity contribution is 7.89. The first-order valence-electron chi connectivity index (χ1n) is 7.24. The van der Waals surface area contributed by atoms with Crippen LogP contribution in [0.3, 0.4) is 0 Å². The molecule has 0 atom stereocenters. The minimum absolute atomic E-state index is 0.0154. The highest BCUT2D eigenvalue weighted by Gasteiger charge is 2.30. The van der Waals surface area contributed by atoms with Crippen molar-refractivity contribution >= 4 is 15.7 Å². The van der Waals surface area contributed by atoms with Gasteiger partial charge < -0.3 is 5.73 Å². The first-order valence-corrected chi connectivity index (χ1v) is 8.68. The highest BCUT2D eigenvalue weighted by atomic mass is 32.2. The second kappa shape index (κ2) is 6.46. The summed E-state index contributed by atoms with van der Waals surface area (Å²) in [6.07, 6.45) is 6.19. The quantitative estimate of drug-likeness (QED) is 0.686. The molecule has 1 saturated carbocycles. The van der Waals surface area contributed by atoms with Crippen molar-refractivity contribution in [2.45, 2.75) is 49.5 Å². The molecular formula is C15H21N3O2S. The molecule has 1 fully saturated rings. The minimum atomic E-state index is -3.66. The van der Waals surface area contributed by atoms with Gasteiger partial charge in [0.15, 0.2) is 0 Å². The van der Waals surface area contributed by atoms with Gasteiger partial charge in [-0.25, -0.2) is 8.42 Å². The van der Waals surface area contributed by atoms with Crippen LogP contribution >= 0.6 is 0 Å². The molecule has 0 unspecified atom stereocenters. The molecule has 114 valence electrons. The molecule has 0 radical (unpaired) electrons. The van der Waals surface area contributed by atoms with Crippen molar-refractivity contribution in [3.8, 4) is 6.07 Å². The SMILES string of the molecule is CN(C1CCCCCC1)S(=O)(=O)c1ccc(N)cc1C#N. The summed E-state index contributed by atoms with van der Waals surface area (Å²) in [5.74, 6) is 0. The van der Waals surface area contributed by atoms with Gasteiger partial charge in [-0.15, -0.1) is 0 Å². The zero-order chi connectivity index (χ0) is 15.5. The maximum Gasteiger partial charge on any atom is 0.244 e. The molecule has 1 aromatic carbocycles. The number of sulfonamides is 1. The third kappa shape index (κ3) is 3.36. The number of hydrogen-bond acceptors (Lipinski definition) is 4. The number of rotatable bonds is 3. The van der Waals surface area contributed by atoms with Gasteiger partial charge in [0, 0.05) is 18.8 Å². The van der Waals surface area contributed by atoms with Gasteiger partial charge in [0.2, 0.25) is 10.0 Å². The molecule has 0 saturated heterocycles. The number of hydrogen-bond donors (Lipinski definition) is 1. The Morgan fingerprint density at radius 1 is 1.24 bits per heavy atom. The number of nitrogens with two attached hydrogens (primary N) is 1. The van der Waals surface area contributed by atoms with E-state index in [1.807, 2.05) is 6.07 Å². The summed E-state index contributed by atoms with van der Waals surface area (Å²) in [5.41, 5.74) is 6.12. The Balaban J connectivity index is 2.35. The lowest BCUT2D eigenvalue weighted by atomic mass is 10.1. The number of nitrogens with zero attached hydrogens (tertiary/aromatic N) is 2. The summed E-state index contributed by atoms with van der Waals surface area (Å²) in [5, 5.41) is 9.15. The number of anilines is 1. The Morgan fingerprint density at radius 2 is 1.86 bits per heavy atom. The molecule has 0 amide bonds. The van der Waals surface area contributed by atoms with Crippen LogP contribution in [0, 0.1) is 11.3 Å². The van der Waals surface area contributed by atoms with Crippen LogP contribution in [0.5, 0.6) is 0 Å². The normalized spacial score (nSPS) is 17.4. The lowest BCUT2D eigenvalue weighted by Gasteiger charge is -2.26. The molecule has 6 heteroatoms. The van der Waals surface area contributed by atoms with E-state index in [1.165, 1.54) is 22.5 Å². The van der Waals surface area contributed by atoms with E-state index in [0.717, 1.165) is 38.5 Å². The highest BCUT2D eigenvalue weighted by Crippen LogP contribution is 2.27. The van der Waals surface area contributed by atoms with E-state index in [2.05, 4.69) is 0 Å². The maximum absolute atomic E-state index is 12.8. The Bertz CT molecular complexity index is 641. The maximum atomic E-state index is 12.8. The van der Waals surface area contributed by atoms with E-state index in [1.54, 1.807) is 7.05 Å². The van der Waals surface area contributed by atoms with Crippen molar-refractivity contribution in [3.05, 3.63) is 23.8 Å². The predicted octanol–water partition coefficient (Wildman–Crippen LogP) is 2.48. The Labute approximate surface area is 126 Å². The average molecular weight is 307 g/mol. The van der Waals surface area contributed by atoms with Crippen LogP contribution in [-0.2, 0) is 10.0 Å². The molecule has 1 aliphatic rings. The van der Waals surface area contributed by atoms with E-state index in [9.17, 15) is 8.42 Å². The topological polar surface area (TPSA) is 87.2 Å². The second-order valence-electron chi connectivity index (χ2n) is 5.53. The molecule has 1 aliphatic carbocycles. The molecule has 1 aromatic rings. The monoisotopic (exact) mass is 307 g/mol. The third-order valence-electron chi connectivity index (χ3n) is 4.12. The Morgan fingerprint density at radius 3 is 2.43 bits per heavy atom. The summed E-state index contributed by atoms with van der Waals surface area (Å²) < 4.78 is 27.0. The van der Waals surface area contributed by atoms with Crippen molar-refractivity contribution in [1.29, 1.82) is 5.26 Å². The number of nitriles is 1. The van der Waals surface area contributed by atoms with Crippen LogP contribution < -0.4 is 5.73 Å². The minimum Gasteiger partial charge on any atom is -0.399 e. The number of nitrogen functional groups attached to an aromatic ring is 1. The van der Waals surface area contributed by atoms with Crippen LogP contribution in [0.4, 0.5) is 5.69 Å². The van der Waals surface area contributed by atoms with Crippen LogP contribution in [0.25, 0.3) is 0 Å². The lowest BCUT2D eigenvalue weighted by Crippen LogP contribution is -2.37. The van der Waals surface area contributed by atoms with Crippen molar-refractivity contribution in [2.75, 3.05) is 12.8 Å². The van der Waals surface area contributed by atoms with Gasteiger partial charge in [0.1, 0.15) is 11.0 Å². The summed E-state index contributed by atoms with van der Waals surface area (Å²) in [4.78, 5) is 0.0472. The fourth-order valence-corrected chi connectivity index (χ4v) is 4.37. The van der Waals surface area contributed by atoms with Crippen molar-refractivity contribution < 1.29 is 8.42 Å². The van der Waals surface area contributed by atoms with Gasteiger partial charge in [-0.05, 0) is 31.0 Å². The van der Waals surface area contributed by atoms with Crippen molar-refractivity contribution in [2.24, 2.45) is 0 Å². The lowest BCUT2D eigenvalue weighted by molar-refractivity contribution is 0.335.